The van der Waals surface area contributed by atoms with Gasteiger partial charge in [0.1, 0.15) is 5.82 Å². The van der Waals surface area contributed by atoms with Crippen molar-refractivity contribution in [1.29, 1.82) is 0 Å². The van der Waals surface area contributed by atoms with E-state index in [2.05, 4.69) is 9.55 Å². The summed E-state index contributed by atoms with van der Waals surface area (Å²) < 4.78 is 2.08. The zero-order valence-electron chi connectivity index (χ0n) is 8.69. The second-order valence-corrected chi connectivity index (χ2v) is 3.59. The summed E-state index contributed by atoms with van der Waals surface area (Å²) in [6.07, 6.45) is 3.87. The molecule has 1 aromatic heterocycles. The number of aromatic nitrogens is 2. The molecule has 15 heavy (non-hydrogen) atoms. The molecule has 0 saturated heterocycles. The van der Waals surface area contributed by atoms with Crippen LogP contribution in [0.4, 0.5) is 0 Å². The van der Waals surface area contributed by atoms with Gasteiger partial charge < -0.3 is 9.67 Å². The van der Waals surface area contributed by atoms with Crippen molar-refractivity contribution in [3.8, 4) is 0 Å². The smallest absolute Gasteiger partial charge is 0.356 e. The summed E-state index contributed by atoms with van der Waals surface area (Å²) in [6, 6.07) is 0. The van der Waals surface area contributed by atoms with Gasteiger partial charge in [0.05, 0.1) is 5.69 Å². The maximum absolute atomic E-state index is 10.9. The predicted molar refractivity (Wildman–Crippen MR) is 58.8 cm³/mol. The molecule has 0 radical (unpaired) electrons. The number of aryl methyl sites for hydroxylation is 1. The van der Waals surface area contributed by atoms with Crippen LogP contribution in [-0.4, -0.2) is 20.6 Å². The Balaban J connectivity index is 0.00000112. The summed E-state index contributed by atoms with van der Waals surface area (Å²) in [6.45, 7) is 2.94. The number of aromatic carboxylic acids is 1. The number of fused-ring (bicyclic) bond motifs is 1. The SMILES string of the molecule is CCc1nc(C(=O)O)c2n1CCCC2.Cl. The Labute approximate surface area is 94.7 Å². The van der Waals surface area contributed by atoms with Crippen LogP contribution in [0.1, 0.15) is 41.8 Å². The Hall–Kier alpha value is -1.03. The molecule has 1 aliphatic rings. The van der Waals surface area contributed by atoms with Crippen LogP contribution >= 0.6 is 12.4 Å². The Kier molecular flexibility index (Phi) is 3.74. The third-order valence-electron chi connectivity index (χ3n) is 2.72. The highest BCUT2D eigenvalue weighted by atomic mass is 35.5. The summed E-state index contributed by atoms with van der Waals surface area (Å²) >= 11 is 0. The lowest BCUT2D eigenvalue weighted by Crippen LogP contribution is -2.14. The van der Waals surface area contributed by atoms with Gasteiger partial charge in [0.2, 0.25) is 0 Å². The topological polar surface area (TPSA) is 55.1 Å². The van der Waals surface area contributed by atoms with Gasteiger partial charge in [0.15, 0.2) is 5.69 Å². The van der Waals surface area contributed by atoms with Gasteiger partial charge in [-0.3, -0.25) is 0 Å². The lowest BCUT2D eigenvalue weighted by molar-refractivity contribution is 0.0689. The Morgan fingerprint density at radius 3 is 2.87 bits per heavy atom. The van der Waals surface area contributed by atoms with Crippen molar-refractivity contribution in [2.45, 2.75) is 39.2 Å². The van der Waals surface area contributed by atoms with E-state index in [9.17, 15) is 4.79 Å². The fourth-order valence-electron chi connectivity index (χ4n) is 2.06. The molecule has 0 fully saturated rings. The lowest BCUT2D eigenvalue weighted by atomic mass is 10.1. The lowest BCUT2D eigenvalue weighted by Gasteiger charge is -2.16. The second kappa shape index (κ2) is 4.66. The second-order valence-electron chi connectivity index (χ2n) is 3.59. The average molecular weight is 231 g/mol. The number of carboxylic acid groups (broad SMARTS) is 1. The van der Waals surface area contributed by atoms with Crippen molar-refractivity contribution in [3.05, 3.63) is 17.2 Å². The highest BCUT2D eigenvalue weighted by Crippen LogP contribution is 2.21. The van der Waals surface area contributed by atoms with E-state index >= 15 is 0 Å². The number of rotatable bonds is 2. The van der Waals surface area contributed by atoms with Gasteiger partial charge in [-0.1, -0.05) is 6.92 Å². The molecule has 0 spiro atoms. The van der Waals surface area contributed by atoms with Crippen molar-refractivity contribution in [3.63, 3.8) is 0 Å². The Morgan fingerprint density at radius 1 is 1.53 bits per heavy atom. The first-order valence-corrected chi connectivity index (χ1v) is 5.05. The first kappa shape index (κ1) is 12.0. The third kappa shape index (κ3) is 2.00. The number of carbonyl (C=O) groups is 1. The Morgan fingerprint density at radius 2 is 2.27 bits per heavy atom. The molecule has 1 aromatic rings. The van der Waals surface area contributed by atoms with E-state index in [4.69, 9.17) is 5.11 Å². The van der Waals surface area contributed by atoms with Gasteiger partial charge in [-0.25, -0.2) is 9.78 Å². The zero-order chi connectivity index (χ0) is 10.1. The van der Waals surface area contributed by atoms with Crippen molar-refractivity contribution in [2.75, 3.05) is 0 Å². The molecule has 1 aliphatic heterocycles. The highest BCUT2D eigenvalue weighted by molar-refractivity contribution is 5.87. The zero-order valence-corrected chi connectivity index (χ0v) is 9.51. The largest absolute Gasteiger partial charge is 0.476 e. The van der Waals surface area contributed by atoms with E-state index in [0.717, 1.165) is 43.7 Å². The van der Waals surface area contributed by atoms with Crippen molar-refractivity contribution in [2.24, 2.45) is 0 Å². The molecular formula is C10H15ClN2O2. The number of hydrogen-bond acceptors (Lipinski definition) is 2. The molecule has 0 unspecified atom stereocenters. The number of carboxylic acids is 1. The van der Waals surface area contributed by atoms with Crippen LogP contribution in [-0.2, 0) is 19.4 Å². The van der Waals surface area contributed by atoms with Crippen LogP contribution in [0, 0.1) is 0 Å². The predicted octanol–water partition coefficient (Wildman–Crippen LogP) is 1.90. The molecule has 5 heteroatoms. The Bertz CT molecular complexity index is 374. The minimum atomic E-state index is -0.893. The summed E-state index contributed by atoms with van der Waals surface area (Å²) in [5.41, 5.74) is 1.18. The van der Waals surface area contributed by atoms with E-state index in [1.807, 2.05) is 6.92 Å². The van der Waals surface area contributed by atoms with Gasteiger partial charge in [-0.15, -0.1) is 12.4 Å². The van der Waals surface area contributed by atoms with E-state index < -0.39 is 5.97 Å². The third-order valence-corrected chi connectivity index (χ3v) is 2.72. The molecule has 0 bridgehead atoms. The summed E-state index contributed by atoms with van der Waals surface area (Å²) in [4.78, 5) is 15.1. The van der Waals surface area contributed by atoms with Crippen molar-refractivity contribution >= 4 is 18.4 Å². The molecule has 2 heterocycles. The quantitative estimate of drug-likeness (QED) is 0.844. The monoisotopic (exact) mass is 230 g/mol. The summed E-state index contributed by atoms with van der Waals surface area (Å²) in [5, 5.41) is 8.97. The van der Waals surface area contributed by atoms with Crippen LogP contribution in [0.15, 0.2) is 0 Å². The van der Waals surface area contributed by atoms with Gasteiger partial charge in [0, 0.05) is 13.0 Å². The van der Waals surface area contributed by atoms with E-state index in [1.165, 1.54) is 0 Å². The first-order valence-electron chi connectivity index (χ1n) is 5.05. The molecule has 1 N–H and O–H groups in total. The van der Waals surface area contributed by atoms with Gasteiger partial charge in [-0.2, -0.15) is 0 Å². The molecule has 0 saturated carbocycles. The standard InChI is InChI=1S/C10H14N2O2.ClH/c1-2-8-11-9(10(13)14)7-5-3-4-6-12(7)8;/h2-6H2,1H3,(H,13,14);1H. The number of hydrogen-bond donors (Lipinski definition) is 1. The molecule has 0 aromatic carbocycles. The minimum Gasteiger partial charge on any atom is -0.476 e. The minimum absolute atomic E-state index is 0. The molecule has 84 valence electrons. The van der Waals surface area contributed by atoms with E-state index in [-0.39, 0.29) is 18.1 Å². The fourth-order valence-corrected chi connectivity index (χ4v) is 2.06. The maximum Gasteiger partial charge on any atom is 0.356 e. The average Bonchev–Trinajstić information content (AvgIpc) is 2.56. The van der Waals surface area contributed by atoms with Crippen LogP contribution in [0.25, 0.3) is 0 Å². The van der Waals surface area contributed by atoms with Gasteiger partial charge >= 0.3 is 5.97 Å². The summed E-state index contributed by atoms with van der Waals surface area (Å²) in [7, 11) is 0. The molecular weight excluding hydrogens is 216 g/mol. The number of imidazole rings is 1. The molecule has 2 rings (SSSR count). The van der Waals surface area contributed by atoms with Crippen LogP contribution in [0.5, 0.6) is 0 Å². The fraction of sp³-hybridized carbons (Fsp3) is 0.600. The van der Waals surface area contributed by atoms with Gasteiger partial charge in [-0.05, 0) is 19.3 Å². The molecule has 0 aliphatic carbocycles. The normalized spacial score (nSPS) is 14.2. The van der Waals surface area contributed by atoms with Crippen molar-refractivity contribution in [1.82, 2.24) is 9.55 Å². The molecule has 4 nitrogen and oxygen atoms in total. The van der Waals surface area contributed by atoms with E-state index in [1.54, 1.807) is 0 Å². The van der Waals surface area contributed by atoms with Gasteiger partial charge in [0.25, 0.3) is 0 Å². The summed E-state index contributed by atoms with van der Waals surface area (Å²) in [5.74, 6) is 0.0208. The van der Waals surface area contributed by atoms with Crippen molar-refractivity contribution < 1.29 is 9.90 Å². The van der Waals surface area contributed by atoms with Crippen LogP contribution < -0.4 is 0 Å². The maximum atomic E-state index is 10.9. The molecule has 0 atom stereocenters. The first-order chi connectivity index (χ1) is 6.74. The van der Waals surface area contributed by atoms with Crippen LogP contribution in [0.3, 0.4) is 0 Å². The van der Waals surface area contributed by atoms with E-state index in [0.29, 0.717) is 0 Å². The highest BCUT2D eigenvalue weighted by Gasteiger charge is 2.22. The number of nitrogens with zero attached hydrogens (tertiary/aromatic N) is 2. The molecule has 0 amide bonds. The van der Waals surface area contributed by atoms with Crippen LogP contribution in [0.2, 0.25) is 0 Å². The number of halogens is 1.